The van der Waals surface area contributed by atoms with Crippen molar-refractivity contribution in [3.05, 3.63) is 113 Å². The first-order chi connectivity index (χ1) is 18.5. The van der Waals surface area contributed by atoms with Crippen molar-refractivity contribution in [2.24, 2.45) is 5.92 Å². The van der Waals surface area contributed by atoms with Crippen LogP contribution in [0.5, 0.6) is 0 Å². The first-order valence-corrected chi connectivity index (χ1v) is 15.2. The normalized spacial score (nSPS) is 9.67. The molecule has 0 heterocycles. The zero-order chi connectivity index (χ0) is 31.2. The molecule has 0 radical (unpaired) electrons. The molecule has 0 nitrogen and oxygen atoms in total. The second-order valence-corrected chi connectivity index (χ2v) is 9.62. The average Bonchev–Trinajstić information content (AvgIpc) is 2.95. The molecule has 0 aromatic heterocycles. The van der Waals surface area contributed by atoms with Crippen LogP contribution in [0.2, 0.25) is 0 Å². The van der Waals surface area contributed by atoms with Gasteiger partial charge in [-0.2, -0.15) is 0 Å². The zero-order valence-electron chi connectivity index (χ0n) is 28.7. The summed E-state index contributed by atoms with van der Waals surface area (Å²) in [6.45, 7) is 36.9. The van der Waals surface area contributed by atoms with E-state index in [9.17, 15) is 0 Å². The molecule has 2 aromatic carbocycles. The van der Waals surface area contributed by atoms with Crippen molar-refractivity contribution >= 4 is 5.57 Å². The molecule has 0 saturated carbocycles. The van der Waals surface area contributed by atoms with Crippen LogP contribution < -0.4 is 0 Å². The highest BCUT2D eigenvalue weighted by molar-refractivity contribution is 5.61. The number of benzene rings is 2. The average molecular weight is 535 g/mol. The fourth-order valence-electron chi connectivity index (χ4n) is 2.85. The summed E-state index contributed by atoms with van der Waals surface area (Å²) < 4.78 is 0. The van der Waals surface area contributed by atoms with E-state index in [0.29, 0.717) is 0 Å². The van der Waals surface area contributed by atoms with Crippen molar-refractivity contribution in [3.8, 4) is 0 Å². The van der Waals surface area contributed by atoms with Gasteiger partial charge in [-0.25, -0.2) is 0 Å². The Hall–Kier alpha value is -2.60. The molecule has 0 saturated heterocycles. The van der Waals surface area contributed by atoms with E-state index in [1.807, 2.05) is 48.5 Å². The fraction of sp³-hybridized carbons (Fsp3) is 0.487. The largest absolute Gasteiger partial charge is 0.100 e. The molecule has 0 fully saturated rings. The van der Waals surface area contributed by atoms with Crippen LogP contribution in [0.15, 0.2) is 91.1 Å². The summed E-state index contributed by atoms with van der Waals surface area (Å²) in [6.07, 6.45) is 10.9. The molecule has 0 spiro atoms. The van der Waals surface area contributed by atoms with Crippen LogP contribution >= 0.6 is 0 Å². The summed E-state index contributed by atoms with van der Waals surface area (Å²) in [4.78, 5) is 0. The Kier molecular flexibility index (Phi) is 35.2. The molecule has 0 aliphatic heterocycles. The van der Waals surface area contributed by atoms with E-state index in [-0.39, 0.29) is 0 Å². The van der Waals surface area contributed by atoms with Crippen LogP contribution in [0.3, 0.4) is 0 Å². The fourth-order valence-corrected chi connectivity index (χ4v) is 2.85. The Morgan fingerprint density at radius 3 is 1.64 bits per heavy atom. The van der Waals surface area contributed by atoms with E-state index in [1.165, 1.54) is 39.8 Å². The number of hydrogen-bond donors (Lipinski definition) is 0. The molecular weight excluding hydrogens is 468 g/mol. The second kappa shape index (κ2) is 31.6. The molecule has 39 heavy (non-hydrogen) atoms. The van der Waals surface area contributed by atoms with E-state index in [1.54, 1.807) is 0 Å². The molecular formula is C39H66. The lowest BCUT2D eigenvalue weighted by atomic mass is 10.0. The Morgan fingerprint density at radius 2 is 1.28 bits per heavy atom. The lowest BCUT2D eigenvalue weighted by Crippen LogP contribution is -1.86. The van der Waals surface area contributed by atoms with Crippen molar-refractivity contribution in [2.75, 3.05) is 0 Å². The van der Waals surface area contributed by atoms with Gasteiger partial charge in [0.15, 0.2) is 0 Å². The van der Waals surface area contributed by atoms with Gasteiger partial charge in [0.2, 0.25) is 0 Å². The maximum Gasteiger partial charge on any atom is -0.0231 e. The van der Waals surface area contributed by atoms with Gasteiger partial charge in [-0.1, -0.05) is 158 Å². The van der Waals surface area contributed by atoms with E-state index in [2.05, 4.69) is 128 Å². The SMILES string of the molecule is C/C=C\C=C(/C)CC(C)C.C=C(C)CC.C=C(C)c1cccc(CC)c1.CC.CC.CCc1ccc(C)cc1. The minimum atomic E-state index is 0.779. The zero-order valence-corrected chi connectivity index (χ0v) is 28.7. The van der Waals surface area contributed by atoms with Crippen LogP contribution in [0.1, 0.15) is 125 Å². The third kappa shape index (κ3) is 31.5. The maximum atomic E-state index is 3.90. The molecule has 222 valence electrons. The minimum Gasteiger partial charge on any atom is -0.100 e. The summed E-state index contributed by atoms with van der Waals surface area (Å²) in [5.74, 6) is 0.779. The van der Waals surface area contributed by atoms with Crippen LogP contribution in [-0.2, 0) is 12.8 Å². The third-order valence-electron chi connectivity index (χ3n) is 5.26. The van der Waals surface area contributed by atoms with Crippen LogP contribution in [-0.4, -0.2) is 0 Å². The molecule has 0 N–H and O–H groups in total. The Labute approximate surface area is 247 Å². The van der Waals surface area contributed by atoms with Gasteiger partial charge < -0.3 is 0 Å². The van der Waals surface area contributed by atoms with Crippen molar-refractivity contribution in [2.45, 2.75) is 123 Å². The standard InChI is InChI=1S/C11H14.C10H18.C9H12.C5H10.2C2H6/c1-4-10-6-5-7-11(8-10)9(2)3;1-5-6-7-10(4)8-9(2)3;1-3-9-6-4-8(2)5-7-9;1-4-5(2)3;2*1-2/h5-8H,2,4H2,1,3H3;5-7,9H,8H2,1-4H3;4-7H,3H2,1-2H3;2,4H2,1,3H3;2*1-2H3/b;6-5-,10-7+;;;;. The van der Waals surface area contributed by atoms with Gasteiger partial charge in [0, 0.05) is 0 Å². The smallest absolute Gasteiger partial charge is 0.0231 e. The van der Waals surface area contributed by atoms with E-state index in [0.717, 1.165) is 30.8 Å². The molecule has 0 unspecified atom stereocenters. The van der Waals surface area contributed by atoms with Gasteiger partial charge >= 0.3 is 0 Å². The number of hydrogen-bond acceptors (Lipinski definition) is 0. The van der Waals surface area contributed by atoms with Gasteiger partial charge in [0.05, 0.1) is 0 Å². The van der Waals surface area contributed by atoms with Crippen molar-refractivity contribution in [1.82, 2.24) is 0 Å². The van der Waals surface area contributed by atoms with Crippen molar-refractivity contribution in [1.29, 1.82) is 0 Å². The summed E-state index contributed by atoms with van der Waals surface area (Å²) in [6, 6.07) is 17.2. The van der Waals surface area contributed by atoms with Crippen LogP contribution in [0.4, 0.5) is 0 Å². The van der Waals surface area contributed by atoms with E-state index < -0.39 is 0 Å². The van der Waals surface area contributed by atoms with E-state index >= 15 is 0 Å². The Balaban J connectivity index is -0.000000206. The first kappa shape index (κ1) is 43.5. The quantitative estimate of drug-likeness (QED) is 0.245. The van der Waals surface area contributed by atoms with Crippen LogP contribution in [0.25, 0.3) is 5.57 Å². The highest BCUT2D eigenvalue weighted by Gasteiger charge is 1.93. The second-order valence-electron chi connectivity index (χ2n) is 9.62. The molecule has 0 heteroatoms. The van der Waals surface area contributed by atoms with Crippen molar-refractivity contribution < 1.29 is 0 Å². The third-order valence-corrected chi connectivity index (χ3v) is 5.26. The summed E-state index contributed by atoms with van der Waals surface area (Å²) in [5.41, 5.74) is 9.25. The molecule has 2 rings (SSSR count). The summed E-state index contributed by atoms with van der Waals surface area (Å²) in [7, 11) is 0. The van der Waals surface area contributed by atoms with Gasteiger partial charge in [-0.15, -0.1) is 6.58 Å². The molecule has 2 aromatic rings. The Bertz CT molecular complexity index is 873. The van der Waals surface area contributed by atoms with Gasteiger partial charge in [-0.3, -0.25) is 0 Å². The van der Waals surface area contributed by atoms with Crippen LogP contribution in [0, 0.1) is 12.8 Å². The highest BCUT2D eigenvalue weighted by Crippen LogP contribution is 2.13. The lowest BCUT2D eigenvalue weighted by molar-refractivity contribution is 0.642. The summed E-state index contributed by atoms with van der Waals surface area (Å²) in [5, 5.41) is 0. The van der Waals surface area contributed by atoms with Gasteiger partial charge in [-0.05, 0) is 82.9 Å². The molecule has 0 amide bonds. The number of allylic oxidation sites excluding steroid dienone is 6. The lowest BCUT2D eigenvalue weighted by Gasteiger charge is -2.02. The topological polar surface area (TPSA) is 0 Å². The predicted octanol–water partition coefficient (Wildman–Crippen LogP) is 13.4. The van der Waals surface area contributed by atoms with E-state index in [4.69, 9.17) is 0 Å². The molecule has 0 aliphatic rings. The molecule has 0 bridgehead atoms. The molecule has 0 aliphatic carbocycles. The number of aryl methyl sites for hydroxylation is 3. The maximum absolute atomic E-state index is 3.90. The van der Waals surface area contributed by atoms with Gasteiger partial charge in [0.1, 0.15) is 0 Å². The molecule has 0 atom stereocenters. The first-order valence-electron chi connectivity index (χ1n) is 15.2. The monoisotopic (exact) mass is 535 g/mol. The van der Waals surface area contributed by atoms with Crippen molar-refractivity contribution in [3.63, 3.8) is 0 Å². The predicted molar refractivity (Wildman–Crippen MR) is 187 cm³/mol. The Morgan fingerprint density at radius 1 is 0.795 bits per heavy atom. The number of rotatable bonds is 7. The summed E-state index contributed by atoms with van der Waals surface area (Å²) >= 11 is 0. The van der Waals surface area contributed by atoms with Gasteiger partial charge in [0.25, 0.3) is 0 Å². The highest BCUT2D eigenvalue weighted by atomic mass is 14.0. The minimum absolute atomic E-state index is 0.779.